The molecule has 2 amide bonds. The first kappa shape index (κ1) is 21.9. The van der Waals surface area contributed by atoms with Crippen LogP contribution in [0, 0.1) is 5.92 Å². The van der Waals surface area contributed by atoms with Crippen LogP contribution in [0.25, 0.3) is 0 Å². The summed E-state index contributed by atoms with van der Waals surface area (Å²) in [6.45, 7) is 3.76. The normalized spacial score (nSPS) is 16.3. The van der Waals surface area contributed by atoms with Gasteiger partial charge in [-0.15, -0.1) is 0 Å². The quantitative estimate of drug-likeness (QED) is 0.559. The molecular weight excluding hydrogens is 404 g/mol. The van der Waals surface area contributed by atoms with Crippen molar-refractivity contribution >= 4 is 29.1 Å². The zero-order valence-corrected chi connectivity index (χ0v) is 17.7. The molecule has 7 nitrogen and oxygen atoms in total. The largest absolute Gasteiger partial charge is 0.496 e. The van der Waals surface area contributed by atoms with Gasteiger partial charge in [0, 0.05) is 37.8 Å². The zero-order valence-electron chi connectivity index (χ0n) is 17.0. The van der Waals surface area contributed by atoms with Crippen molar-refractivity contribution in [3.63, 3.8) is 0 Å². The fourth-order valence-corrected chi connectivity index (χ4v) is 3.71. The van der Waals surface area contributed by atoms with E-state index in [1.807, 2.05) is 18.2 Å². The molecule has 8 heteroatoms. The molecule has 3 rings (SSSR count). The third kappa shape index (κ3) is 5.64. The predicted molar refractivity (Wildman–Crippen MR) is 118 cm³/mol. The average Bonchev–Trinajstić information content (AvgIpc) is 3.21. The van der Waals surface area contributed by atoms with Gasteiger partial charge < -0.3 is 26.0 Å². The predicted octanol–water partition coefficient (Wildman–Crippen LogP) is 2.41. The monoisotopic (exact) mass is 430 g/mol. The molecule has 30 heavy (non-hydrogen) atoms. The lowest BCUT2D eigenvalue weighted by atomic mass is 10.1. The summed E-state index contributed by atoms with van der Waals surface area (Å²) in [5.74, 6) is 0.461. The van der Waals surface area contributed by atoms with Gasteiger partial charge in [-0.25, -0.2) is 0 Å². The van der Waals surface area contributed by atoms with E-state index in [4.69, 9.17) is 22.1 Å². The Morgan fingerprint density at radius 2 is 1.97 bits per heavy atom. The number of likely N-dealkylation sites (tertiary alicyclic amines) is 1. The second-order valence-electron chi connectivity index (χ2n) is 7.36. The first-order valence-electron chi connectivity index (χ1n) is 9.94. The fourth-order valence-electron chi connectivity index (χ4n) is 3.55. The summed E-state index contributed by atoms with van der Waals surface area (Å²) in [4.78, 5) is 26.9. The van der Waals surface area contributed by atoms with Crippen LogP contribution in [0.1, 0.15) is 27.1 Å². The number of methoxy groups -OCH3 is 1. The number of anilines is 1. The molecule has 1 saturated heterocycles. The second kappa shape index (κ2) is 10.3. The van der Waals surface area contributed by atoms with Gasteiger partial charge in [-0.2, -0.15) is 0 Å². The Morgan fingerprint density at radius 3 is 2.70 bits per heavy atom. The number of halogens is 1. The number of carbonyl (C=O) groups excluding carboxylic acids is 2. The Bertz CT molecular complexity index is 891. The molecule has 1 aliphatic heterocycles. The van der Waals surface area contributed by atoms with Gasteiger partial charge in [0.2, 0.25) is 0 Å². The molecule has 1 fully saturated rings. The van der Waals surface area contributed by atoms with E-state index in [9.17, 15) is 9.59 Å². The van der Waals surface area contributed by atoms with Crippen LogP contribution in [0.15, 0.2) is 42.5 Å². The Balaban J connectivity index is 1.41. The molecule has 1 heterocycles. The van der Waals surface area contributed by atoms with Crippen LogP contribution >= 0.6 is 11.6 Å². The molecule has 0 bridgehead atoms. The molecule has 1 aliphatic rings. The number of nitrogens with one attached hydrogen (secondary N) is 2. The first-order chi connectivity index (χ1) is 14.5. The van der Waals surface area contributed by atoms with E-state index >= 15 is 0 Å². The van der Waals surface area contributed by atoms with Crippen LogP contribution < -0.4 is 21.1 Å². The lowest BCUT2D eigenvalue weighted by Gasteiger charge is -2.17. The highest BCUT2D eigenvalue weighted by Crippen LogP contribution is 2.28. The van der Waals surface area contributed by atoms with Gasteiger partial charge in [0.1, 0.15) is 5.75 Å². The molecule has 1 unspecified atom stereocenters. The zero-order chi connectivity index (χ0) is 21.5. The van der Waals surface area contributed by atoms with Crippen LogP contribution in [0.2, 0.25) is 5.02 Å². The molecule has 1 atom stereocenters. The number of rotatable bonds is 8. The summed E-state index contributed by atoms with van der Waals surface area (Å²) in [5, 5.41) is 6.24. The number of hydrogen-bond donors (Lipinski definition) is 3. The summed E-state index contributed by atoms with van der Waals surface area (Å²) >= 11 is 6.05. The fraction of sp³-hybridized carbons (Fsp3) is 0.364. The Morgan fingerprint density at radius 1 is 1.20 bits per heavy atom. The van der Waals surface area contributed by atoms with Crippen LogP contribution in [0.5, 0.6) is 5.75 Å². The number of amides is 2. The second-order valence-corrected chi connectivity index (χ2v) is 7.77. The van der Waals surface area contributed by atoms with Gasteiger partial charge in [0.05, 0.1) is 23.4 Å². The standard InChI is InChI=1S/C22H27ClN4O3/c1-30-20-12-19(24)18(23)11-17(20)22(29)26-13-15-7-9-27(14-15)10-8-25-21(28)16-5-3-2-4-6-16/h2-6,11-12,15H,7-10,13-14,24H2,1H3,(H,25,28)(H,26,29). The average molecular weight is 431 g/mol. The number of benzene rings is 2. The lowest BCUT2D eigenvalue weighted by molar-refractivity contribution is 0.0935. The van der Waals surface area contributed by atoms with Crippen LogP contribution in [-0.2, 0) is 0 Å². The van der Waals surface area contributed by atoms with E-state index in [2.05, 4.69) is 15.5 Å². The van der Waals surface area contributed by atoms with E-state index in [1.165, 1.54) is 13.2 Å². The minimum absolute atomic E-state index is 0.0604. The number of ether oxygens (including phenoxy) is 1. The molecule has 160 valence electrons. The number of nitrogen functional groups attached to an aromatic ring is 1. The SMILES string of the molecule is COc1cc(N)c(Cl)cc1C(=O)NCC1CCN(CCNC(=O)c2ccccc2)C1. The van der Waals surface area contributed by atoms with Crippen molar-refractivity contribution in [2.45, 2.75) is 6.42 Å². The maximum Gasteiger partial charge on any atom is 0.255 e. The van der Waals surface area contributed by atoms with Crippen molar-refractivity contribution in [1.29, 1.82) is 0 Å². The van der Waals surface area contributed by atoms with Crippen molar-refractivity contribution in [3.8, 4) is 5.75 Å². The van der Waals surface area contributed by atoms with E-state index in [0.29, 0.717) is 46.6 Å². The molecule has 4 N–H and O–H groups in total. The third-order valence-electron chi connectivity index (χ3n) is 5.23. The Kier molecular flexibility index (Phi) is 7.54. The number of nitrogens with two attached hydrogens (primary N) is 1. The van der Waals surface area contributed by atoms with E-state index in [0.717, 1.165) is 26.1 Å². The van der Waals surface area contributed by atoms with Crippen molar-refractivity contribution in [2.75, 3.05) is 45.6 Å². The molecule has 2 aromatic carbocycles. The Labute approximate surface area is 181 Å². The maximum absolute atomic E-state index is 12.6. The van der Waals surface area contributed by atoms with Crippen molar-refractivity contribution in [1.82, 2.24) is 15.5 Å². The van der Waals surface area contributed by atoms with Crippen LogP contribution in [-0.4, -0.2) is 56.5 Å². The minimum atomic E-state index is -0.234. The van der Waals surface area contributed by atoms with E-state index in [-0.39, 0.29) is 11.8 Å². The lowest BCUT2D eigenvalue weighted by Crippen LogP contribution is -2.35. The van der Waals surface area contributed by atoms with Gasteiger partial charge in [-0.1, -0.05) is 29.8 Å². The minimum Gasteiger partial charge on any atom is -0.496 e. The van der Waals surface area contributed by atoms with E-state index in [1.54, 1.807) is 18.2 Å². The van der Waals surface area contributed by atoms with Crippen LogP contribution in [0.4, 0.5) is 5.69 Å². The van der Waals surface area contributed by atoms with Gasteiger partial charge in [-0.3, -0.25) is 9.59 Å². The highest BCUT2D eigenvalue weighted by atomic mass is 35.5. The van der Waals surface area contributed by atoms with Crippen molar-refractivity contribution in [2.24, 2.45) is 5.92 Å². The van der Waals surface area contributed by atoms with Gasteiger partial charge in [0.25, 0.3) is 11.8 Å². The van der Waals surface area contributed by atoms with Gasteiger partial charge in [0.15, 0.2) is 0 Å². The first-order valence-corrected chi connectivity index (χ1v) is 10.3. The maximum atomic E-state index is 12.6. The smallest absolute Gasteiger partial charge is 0.255 e. The number of nitrogens with zero attached hydrogens (tertiary/aromatic N) is 1. The summed E-state index contributed by atoms with van der Waals surface area (Å²) in [6.07, 6.45) is 0.993. The summed E-state index contributed by atoms with van der Waals surface area (Å²) in [7, 11) is 1.49. The number of carbonyl (C=O) groups is 2. The van der Waals surface area contributed by atoms with Crippen molar-refractivity contribution in [3.05, 3.63) is 58.6 Å². The molecule has 0 saturated carbocycles. The highest BCUT2D eigenvalue weighted by molar-refractivity contribution is 6.33. The molecule has 2 aromatic rings. The molecular formula is C22H27ClN4O3. The molecule has 0 aliphatic carbocycles. The molecule has 0 radical (unpaired) electrons. The van der Waals surface area contributed by atoms with E-state index < -0.39 is 0 Å². The third-order valence-corrected chi connectivity index (χ3v) is 5.56. The van der Waals surface area contributed by atoms with Crippen LogP contribution in [0.3, 0.4) is 0 Å². The number of hydrogen-bond acceptors (Lipinski definition) is 5. The molecule has 0 spiro atoms. The van der Waals surface area contributed by atoms with Gasteiger partial charge >= 0.3 is 0 Å². The topological polar surface area (TPSA) is 96.7 Å². The molecule has 0 aromatic heterocycles. The summed E-state index contributed by atoms with van der Waals surface area (Å²) < 4.78 is 5.24. The van der Waals surface area contributed by atoms with Crippen molar-refractivity contribution < 1.29 is 14.3 Å². The summed E-state index contributed by atoms with van der Waals surface area (Å²) in [5.41, 5.74) is 7.18. The highest BCUT2D eigenvalue weighted by Gasteiger charge is 2.23. The Hall–Kier alpha value is -2.77. The van der Waals surface area contributed by atoms with Gasteiger partial charge in [-0.05, 0) is 37.1 Å². The summed E-state index contributed by atoms with van der Waals surface area (Å²) in [6, 6.07) is 12.3.